The van der Waals surface area contributed by atoms with Crippen LogP contribution in [0.15, 0.2) is 0 Å². The molecule has 2 saturated heterocycles. The Bertz CT molecular complexity index is 634. The normalized spacial score (nSPS) is 24.4. The number of aliphatic hydroxyl groups is 1. The predicted molar refractivity (Wildman–Crippen MR) is 107 cm³/mol. The summed E-state index contributed by atoms with van der Waals surface area (Å²) in [6.07, 6.45) is 5.71. The molecule has 6 nitrogen and oxygen atoms in total. The average Bonchev–Trinajstić information content (AvgIpc) is 3.04. The van der Waals surface area contributed by atoms with E-state index in [0.717, 1.165) is 24.5 Å². The molecule has 1 amide bonds. The third-order valence-corrected chi connectivity index (χ3v) is 6.64. The van der Waals surface area contributed by atoms with Crippen LogP contribution < -0.4 is 0 Å². The van der Waals surface area contributed by atoms with Crippen LogP contribution in [0, 0.1) is 32.6 Å². The van der Waals surface area contributed by atoms with Crippen LogP contribution in [0.2, 0.25) is 0 Å². The van der Waals surface area contributed by atoms with Crippen molar-refractivity contribution in [1.82, 2.24) is 19.6 Å². The fraction of sp³-hybridized carbons (Fsp3) is 0.810. The molecule has 0 saturated carbocycles. The molecule has 6 heteroatoms. The van der Waals surface area contributed by atoms with Crippen molar-refractivity contribution in [3.8, 4) is 0 Å². The molecule has 1 aromatic heterocycles. The second kappa shape index (κ2) is 9.20. The Morgan fingerprint density at radius 3 is 2.33 bits per heavy atom. The minimum atomic E-state index is 0.180. The van der Waals surface area contributed by atoms with Crippen molar-refractivity contribution in [3.63, 3.8) is 0 Å². The molecular formula is C21H36N4O2. The topological polar surface area (TPSA) is 61.6 Å². The van der Waals surface area contributed by atoms with E-state index in [1.54, 1.807) is 0 Å². The summed E-state index contributed by atoms with van der Waals surface area (Å²) in [7, 11) is 0. The van der Waals surface area contributed by atoms with Gasteiger partial charge in [-0.3, -0.25) is 9.48 Å². The molecule has 0 radical (unpaired) electrons. The summed E-state index contributed by atoms with van der Waals surface area (Å²) in [4.78, 5) is 17.3. The van der Waals surface area contributed by atoms with E-state index in [1.807, 2.05) is 16.5 Å². The maximum atomic E-state index is 12.8. The minimum absolute atomic E-state index is 0.180. The quantitative estimate of drug-likeness (QED) is 0.826. The molecule has 3 heterocycles. The van der Waals surface area contributed by atoms with Gasteiger partial charge in [0.2, 0.25) is 5.91 Å². The van der Waals surface area contributed by atoms with E-state index in [-0.39, 0.29) is 18.4 Å². The molecule has 2 atom stereocenters. The fourth-order valence-electron chi connectivity index (χ4n) is 4.57. The number of carbonyl (C=O) groups is 1. The molecule has 2 unspecified atom stereocenters. The van der Waals surface area contributed by atoms with Gasteiger partial charge in [-0.2, -0.15) is 5.10 Å². The smallest absolute Gasteiger partial charge is 0.224 e. The van der Waals surface area contributed by atoms with Crippen LogP contribution in [0.5, 0.6) is 0 Å². The lowest BCUT2D eigenvalue weighted by Gasteiger charge is -2.26. The predicted octanol–water partition coefficient (Wildman–Crippen LogP) is 2.14. The Balaban J connectivity index is 1.53. The number of likely N-dealkylation sites (tertiary alicyclic amines) is 2. The lowest BCUT2D eigenvalue weighted by molar-refractivity contribution is -0.130. The van der Waals surface area contributed by atoms with Gasteiger partial charge in [0.15, 0.2) is 0 Å². The van der Waals surface area contributed by atoms with Crippen molar-refractivity contribution >= 4 is 5.91 Å². The van der Waals surface area contributed by atoms with Crippen molar-refractivity contribution in [2.75, 3.05) is 39.3 Å². The zero-order valence-corrected chi connectivity index (χ0v) is 17.3. The molecule has 1 aromatic rings. The third kappa shape index (κ3) is 4.91. The van der Waals surface area contributed by atoms with Gasteiger partial charge in [0.05, 0.1) is 5.69 Å². The number of amides is 1. The molecule has 2 aliphatic heterocycles. The number of aliphatic hydroxyl groups excluding tert-OH is 1. The first-order chi connectivity index (χ1) is 13.0. The highest BCUT2D eigenvalue weighted by atomic mass is 16.3. The van der Waals surface area contributed by atoms with Crippen LogP contribution in [-0.2, 0) is 11.3 Å². The van der Waals surface area contributed by atoms with Gasteiger partial charge < -0.3 is 14.9 Å². The molecule has 0 spiro atoms. The zero-order valence-electron chi connectivity index (χ0n) is 17.3. The van der Waals surface area contributed by atoms with Gasteiger partial charge >= 0.3 is 0 Å². The number of carbonyl (C=O) groups excluding carboxylic acids is 1. The molecule has 0 bridgehead atoms. The van der Waals surface area contributed by atoms with Gasteiger partial charge in [-0.15, -0.1) is 0 Å². The highest BCUT2D eigenvalue weighted by Gasteiger charge is 2.35. The van der Waals surface area contributed by atoms with Crippen molar-refractivity contribution in [3.05, 3.63) is 17.0 Å². The van der Waals surface area contributed by atoms with E-state index in [9.17, 15) is 9.90 Å². The molecule has 1 N–H and O–H groups in total. The van der Waals surface area contributed by atoms with Gasteiger partial charge in [-0.1, -0.05) is 12.8 Å². The van der Waals surface area contributed by atoms with E-state index < -0.39 is 0 Å². The zero-order chi connectivity index (χ0) is 19.4. The summed E-state index contributed by atoms with van der Waals surface area (Å²) in [5.41, 5.74) is 3.40. The average molecular weight is 377 g/mol. The Morgan fingerprint density at radius 1 is 1.07 bits per heavy atom. The van der Waals surface area contributed by atoms with Crippen molar-refractivity contribution in [1.29, 1.82) is 0 Å². The standard InChI is InChI=1S/C21H36N4O2/c1-16-17(2)22-25(18(16)3)11-8-21(27)24-13-19(20(14-24)15-26)12-23-9-6-4-5-7-10-23/h19-20,26H,4-15H2,1-3H3. The first-order valence-electron chi connectivity index (χ1n) is 10.6. The minimum Gasteiger partial charge on any atom is -0.396 e. The van der Waals surface area contributed by atoms with Crippen LogP contribution in [0.3, 0.4) is 0 Å². The first-order valence-corrected chi connectivity index (χ1v) is 10.6. The summed E-state index contributed by atoms with van der Waals surface area (Å²) < 4.78 is 1.96. The number of aryl methyl sites for hydroxylation is 2. The Hall–Kier alpha value is -1.40. The second-order valence-electron chi connectivity index (χ2n) is 8.49. The van der Waals surface area contributed by atoms with E-state index in [2.05, 4.69) is 23.8 Å². The monoisotopic (exact) mass is 376 g/mol. The molecule has 3 rings (SSSR count). The van der Waals surface area contributed by atoms with Crippen LogP contribution in [0.1, 0.15) is 49.1 Å². The van der Waals surface area contributed by atoms with E-state index in [1.165, 1.54) is 44.3 Å². The van der Waals surface area contributed by atoms with E-state index >= 15 is 0 Å². The van der Waals surface area contributed by atoms with E-state index in [0.29, 0.717) is 25.4 Å². The number of hydrogen-bond donors (Lipinski definition) is 1. The van der Waals surface area contributed by atoms with Gasteiger partial charge in [-0.25, -0.2) is 0 Å². The Kier molecular flexibility index (Phi) is 6.93. The lowest BCUT2D eigenvalue weighted by Crippen LogP contribution is -2.35. The molecule has 27 heavy (non-hydrogen) atoms. The number of nitrogens with zero attached hydrogens (tertiary/aromatic N) is 4. The molecular weight excluding hydrogens is 340 g/mol. The highest BCUT2D eigenvalue weighted by molar-refractivity contribution is 5.76. The van der Waals surface area contributed by atoms with Crippen molar-refractivity contribution in [2.45, 2.75) is 59.4 Å². The maximum Gasteiger partial charge on any atom is 0.224 e. The summed E-state index contributed by atoms with van der Waals surface area (Å²) >= 11 is 0. The number of rotatable bonds is 6. The van der Waals surface area contributed by atoms with Crippen molar-refractivity contribution in [2.24, 2.45) is 11.8 Å². The van der Waals surface area contributed by atoms with Crippen LogP contribution in [0.4, 0.5) is 0 Å². The number of hydrogen-bond acceptors (Lipinski definition) is 4. The largest absolute Gasteiger partial charge is 0.396 e. The fourth-order valence-corrected chi connectivity index (χ4v) is 4.57. The summed E-state index contributed by atoms with van der Waals surface area (Å²) in [5, 5.41) is 14.4. The summed E-state index contributed by atoms with van der Waals surface area (Å²) in [6, 6.07) is 0. The Labute approximate surface area is 163 Å². The molecule has 2 fully saturated rings. The maximum absolute atomic E-state index is 12.8. The van der Waals surface area contributed by atoms with Gasteiger partial charge in [-0.05, 0) is 58.2 Å². The molecule has 2 aliphatic rings. The van der Waals surface area contributed by atoms with Gasteiger partial charge in [0, 0.05) is 50.8 Å². The summed E-state index contributed by atoms with van der Waals surface area (Å²) in [5.74, 6) is 0.804. The number of aromatic nitrogens is 2. The van der Waals surface area contributed by atoms with Crippen LogP contribution in [-0.4, -0.2) is 69.9 Å². The SMILES string of the molecule is Cc1nn(CCC(=O)N2CC(CO)C(CN3CCCCCC3)C2)c(C)c1C. The lowest BCUT2D eigenvalue weighted by atomic mass is 9.96. The summed E-state index contributed by atoms with van der Waals surface area (Å²) in [6.45, 7) is 11.8. The third-order valence-electron chi connectivity index (χ3n) is 6.64. The van der Waals surface area contributed by atoms with Gasteiger partial charge in [0.25, 0.3) is 0 Å². The second-order valence-corrected chi connectivity index (χ2v) is 8.49. The van der Waals surface area contributed by atoms with Gasteiger partial charge in [0.1, 0.15) is 0 Å². The molecule has 152 valence electrons. The van der Waals surface area contributed by atoms with Crippen LogP contribution in [0.25, 0.3) is 0 Å². The highest BCUT2D eigenvalue weighted by Crippen LogP contribution is 2.26. The molecule has 0 aromatic carbocycles. The molecule has 0 aliphatic carbocycles. The van der Waals surface area contributed by atoms with Crippen molar-refractivity contribution < 1.29 is 9.90 Å². The first kappa shape index (κ1) is 20.3. The Morgan fingerprint density at radius 2 is 1.74 bits per heavy atom. The van der Waals surface area contributed by atoms with Crippen LogP contribution >= 0.6 is 0 Å². The van der Waals surface area contributed by atoms with E-state index in [4.69, 9.17) is 0 Å².